The number of nitrogens with zero attached hydrogens (tertiary/aromatic N) is 2. The number of ether oxygens (including phenoxy) is 1. The van der Waals surface area contributed by atoms with E-state index in [0.717, 1.165) is 22.8 Å². The van der Waals surface area contributed by atoms with Gasteiger partial charge in [0.25, 0.3) is 0 Å². The molecule has 0 bridgehead atoms. The van der Waals surface area contributed by atoms with Gasteiger partial charge in [0, 0.05) is 12.1 Å². The van der Waals surface area contributed by atoms with Crippen LogP contribution in [0.4, 0.5) is 0 Å². The maximum atomic E-state index is 10.6. The number of hydrogen-bond acceptors (Lipinski definition) is 3. The predicted molar refractivity (Wildman–Crippen MR) is 70.8 cm³/mol. The van der Waals surface area contributed by atoms with Crippen LogP contribution in [0.3, 0.4) is 0 Å². The topological polar surface area (TPSA) is 64.4 Å². The summed E-state index contributed by atoms with van der Waals surface area (Å²) in [5, 5.41) is 13.1. The Bertz CT molecular complexity index is 573. The van der Waals surface area contributed by atoms with Crippen LogP contribution in [0, 0.1) is 6.92 Å². The van der Waals surface area contributed by atoms with Crippen molar-refractivity contribution in [3.8, 4) is 11.4 Å². The molecule has 0 atom stereocenters. The lowest BCUT2D eigenvalue weighted by Gasteiger charge is -2.05. The number of hydrogen-bond donors (Lipinski definition) is 1. The molecule has 0 radical (unpaired) electrons. The lowest BCUT2D eigenvalue weighted by molar-refractivity contribution is -0.136. The molecule has 1 heterocycles. The zero-order chi connectivity index (χ0) is 13.8. The first-order chi connectivity index (χ1) is 9.10. The normalized spacial score (nSPS) is 10.4. The molecular formula is C14H16N2O3. The summed E-state index contributed by atoms with van der Waals surface area (Å²) in [5.41, 5.74) is 2.70. The molecule has 100 valence electrons. The molecule has 0 aliphatic rings. The van der Waals surface area contributed by atoms with Gasteiger partial charge in [-0.25, -0.2) is 4.68 Å². The molecule has 19 heavy (non-hydrogen) atoms. The van der Waals surface area contributed by atoms with Gasteiger partial charge in [-0.1, -0.05) is 0 Å². The first-order valence-electron chi connectivity index (χ1n) is 6.02. The maximum Gasteiger partial charge on any atom is 0.303 e. The first-order valence-corrected chi connectivity index (χ1v) is 6.02. The summed E-state index contributed by atoms with van der Waals surface area (Å²) in [6.07, 6.45) is 0.540. The molecule has 0 spiro atoms. The third-order valence-electron chi connectivity index (χ3n) is 2.85. The minimum Gasteiger partial charge on any atom is -0.497 e. The SMILES string of the molecule is COc1ccc(-n2nc(CCC(=O)O)cc2C)cc1. The molecule has 0 unspecified atom stereocenters. The molecule has 2 aromatic rings. The quantitative estimate of drug-likeness (QED) is 0.895. The van der Waals surface area contributed by atoms with Crippen LogP contribution < -0.4 is 4.74 Å². The van der Waals surface area contributed by atoms with E-state index in [1.54, 1.807) is 11.8 Å². The van der Waals surface area contributed by atoms with Crippen LogP contribution in [0.2, 0.25) is 0 Å². The standard InChI is InChI=1S/C14H16N2O3/c1-10-9-11(3-8-14(17)18)15-16(10)12-4-6-13(19-2)7-5-12/h4-7,9H,3,8H2,1-2H3,(H,17,18). The smallest absolute Gasteiger partial charge is 0.303 e. The fourth-order valence-corrected chi connectivity index (χ4v) is 1.88. The molecule has 1 aromatic carbocycles. The van der Waals surface area contributed by atoms with Gasteiger partial charge < -0.3 is 9.84 Å². The van der Waals surface area contributed by atoms with Gasteiger partial charge in [-0.3, -0.25) is 4.79 Å². The molecule has 5 heteroatoms. The molecule has 0 aliphatic carbocycles. The summed E-state index contributed by atoms with van der Waals surface area (Å²) in [6.45, 7) is 1.95. The number of aryl methyl sites for hydroxylation is 2. The van der Waals surface area contributed by atoms with Crippen molar-refractivity contribution in [2.75, 3.05) is 7.11 Å². The van der Waals surface area contributed by atoms with E-state index in [1.807, 2.05) is 37.3 Å². The monoisotopic (exact) mass is 260 g/mol. The molecule has 0 fully saturated rings. The van der Waals surface area contributed by atoms with Crippen molar-refractivity contribution >= 4 is 5.97 Å². The number of benzene rings is 1. The highest BCUT2D eigenvalue weighted by Gasteiger charge is 2.08. The first kappa shape index (κ1) is 13.1. The minimum absolute atomic E-state index is 0.0963. The van der Waals surface area contributed by atoms with E-state index in [-0.39, 0.29) is 6.42 Å². The van der Waals surface area contributed by atoms with Crippen molar-refractivity contribution in [3.63, 3.8) is 0 Å². The Balaban J connectivity index is 2.21. The summed E-state index contributed by atoms with van der Waals surface area (Å²) < 4.78 is 6.91. The Morgan fingerprint density at radius 3 is 2.63 bits per heavy atom. The maximum absolute atomic E-state index is 10.6. The fraction of sp³-hybridized carbons (Fsp3) is 0.286. The van der Waals surface area contributed by atoms with Gasteiger partial charge in [0.1, 0.15) is 5.75 Å². The van der Waals surface area contributed by atoms with Gasteiger partial charge in [-0.15, -0.1) is 0 Å². The highest BCUT2D eigenvalue weighted by molar-refractivity contribution is 5.66. The van der Waals surface area contributed by atoms with E-state index in [0.29, 0.717) is 6.42 Å². The van der Waals surface area contributed by atoms with Crippen LogP contribution in [-0.2, 0) is 11.2 Å². The highest BCUT2D eigenvalue weighted by Crippen LogP contribution is 2.17. The van der Waals surface area contributed by atoms with E-state index in [1.165, 1.54) is 0 Å². The number of carboxylic acids is 1. The highest BCUT2D eigenvalue weighted by atomic mass is 16.5. The Morgan fingerprint density at radius 1 is 1.37 bits per heavy atom. The minimum atomic E-state index is -0.809. The van der Waals surface area contributed by atoms with Crippen molar-refractivity contribution in [1.82, 2.24) is 9.78 Å². The van der Waals surface area contributed by atoms with Gasteiger partial charge in [0.2, 0.25) is 0 Å². The number of aromatic nitrogens is 2. The van der Waals surface area contributed by atoms with Crippen LogP contribution in [-0.4, -0.2) is 28.0 Å². The second-order valence-corrected chi connectivity index (χ2v) is 4.28. The van der Waals surface area contributed by atoms with Crippen LogP contribution in [0.5, 0.6) is 5.75 Å². The summed E-state index contributed by atoms with van der Waals surface area (Å²) in [5.74, 6) is -0.0173. The molecular weight excluding hydrogens is 244 g/mol. The van der Waals surface area contributed by atoms with E-state index in [4.69, 9.17) is 9.84 Å². The number of carbonyl (C=O) groups is 1. The molecule has 1 N–H and O–H groups in total. The third-order valence-corrected chi connectivity index (χ3v) is 2.85. The molecule has 0 saturated heterocycles. The Kier molecular flexibility index (Phi) is 3.85. The van der Waals surface area contributed by atoms with E-state index in [2.05, 4.69) is 5.10 Å². The van der Waals surface area contributed by atoms with E-state index < -0.39 is 5.97 Å². The molecule has 0 saturated carbocycles. The second kappa shape index (κ2) is 5.56. The van der Waals surface area contributed by atoms with Crippen LogP contribution in [0.25, 0.3) is 5.69 Å². The van der Waals surface area contributed by atoms with Gasteiger partial charge in [-0.05, 0) is 37.3 Å². The van der Waals surface area contributed by atoms with Crippen LogP contribution in [0.15, 0.2) is 30.3 Å². The number of aliphatic carboxylic acids is 1. The molecule has 0 amide bonds. The molecule has 2 rings (SSSR count). The molecule has 5 nitrogen and oxygen atoms in total. The zero-order valence-corrected chi connectivity index (χ0v) is 11.0. The Labute approximate surface area is 111 Å². The van der Waals surface area contributed by atoms with E-state index in [9.17, 15) is 4.79 Å². The van der Waals surface area contributed by atoms with Crippen LogP contribution in [0.1, 0.15) is 17.8 Å². The largest absolute Gasteiger partial charge is 0.497 e. The second-order valence-electron chi connectivity index (χ2n) is 4.28. The van der Waals surface area contributed by atoms with Gasteiger partial charge >= 0.3 is 5.97 Å². The molecule has 1 aromatic heterocycles. The summed E-state index contributed by atoms with van der Waals surface area (Å²) in [4.78, 5) is 10.6. The van der Waals surface area contributed by atoms with Gasteiger partial charge in [0.05, 0.1) is 24.9 Å². The average molecular weight is 260 g/mol. The van der Waals surface area contributed by atoms with Gasteiger partial charge in [-0.2, -0.15) is 5.10 Å². The van der Waals surface area contributed by atoms with Crippen LogP contribution >= 0.6 is 0 Å². The fourth-order valence-electron chi connectivity index (χ4n) is 1.88. The number of carboxylic acid groups (broad SMARTS) is 1. The summed E-state index contributed by atoms with van der Waals surface area (Å²) in [7, 11) is 1.62. The third kappa shape index (κ3) is 3.13. The summed E-state index contributed by atoms with van der Waals surface area (Å²) in [6, 6.07) is 9.48. The lowest BCUT2D eigenvalue weighted by Crippen LogP contribution is -2.01. The Hall–Kier alpha value is -2.30. The number of rotatable bonds is 5. The van der Waals surface area contributed by atoms with E-state index >= 15 is 0 Å². The van der Waals surface area contributed by atoms with Crippen molar-refractivity contribution in [3.05, 3.63) is 41.7 Å². The number of methoxy groups -OCH3 is 1. The lowest BCUT2D eigenvalue weighted by atomic mass is 10.2. The average Bonchev–Trinajstić information content (AvgIpc) is 2.78. The molecule has 0 aliphatic heterocycles. The Morgan fingerprint density at radius 2 is 2.05 bits per heavy atom. The van der Waals surface area contributed by atoms with Crippen molar-refractivity contribution in [2.45, 2.75) is 19.8 Å². The predicted octanol–water partition coefficient (Wildman–Crippen LogP) is 2.21. The summed E-state index contributed by atoms with van der Waals surface area (Å²) >= 11 is 0. The zero-order valence-electron chi connectivity index (χ0n) is 11.0. The van der Waals surface area contributed by atoms with Crippen molar-refractivity contribution in [2.24, 2.45) is 0 Å². The van der Waals surface area contributed by atoms with Gasteiger partial charge in [0.15, 0.2) is 0 Å². The van der Waals surface area contributed by atoms with Crippen molar-refractivity contribution < 1.29 is 14.6 Å². The van der Waals surface area contributed by atoms with Crippen molar-refractivity contribution in [1.29, 1.82) is 0 Å².